The highest BCUT2D eigenvalue weighted by Gasteiger charge is 2.25. The van der Waals surface area contributed by atoms with Crippen LogP contribution in [0, 0.1) is 11.3 Å². The van der Waals surface area contributed by atoms with Crippen LogP contribution in [0.4, 0.5) is 10.7 Å². The van der Waals surface area contributed by atoms with Gasteiger partial charge in [-0.05, 0) is 0 Å². The summed E-state index contributed by atoms with van der Waals surface area (Å²) in [4.78, 5) is 13.7. The van der Waals surface area contributed by atoms with E-state index in [9.17, 15) is 4.79 Å². The van der Waals surface area contributed by atoms with E-state index in [4.69, 9.17) is 21.5 Å². The van der Waals surface area contributed by atoms with Crippen molar-refractivity contribution in [2.75, 3.05) is 36.9 Å². The van der Waals surface area contributed by atoms with Crippen LogP contribution in [0.5, 0.6) is 0 Å². The monoisotopic (exact) mass is 252 g/mol. The van der Waals surface area contributed by atoms with Gasteiger partial charge in [0.1, 0.15) is 15.9 Å². The number of ether oxygens (including phenoxy) is 1. The topological polar surface area (TPSA) is 105 Å². The summed E-state index contributed by atoms with van der Waals surface area (Å²) in [6, 6.07) is 1.98. The van der Waals surface area contributed by atoms with Crippen molar-refractivity contribution in [1.29, 1.82) is 5.26 Å². The molecule has 1 aliphatic rings. The van der Waals surface area contributed by atoms with Gasteiger partial charge in [-0.2, -0.15) is 5.26 Å². The number of primary amides is 1. The van der Waals surface area contributed by atoms with E-state index in [1.165, 1.54) is 11.3 Å². The van der Waals surface area contributed by atoms with Crippen LogP contribution in [0.15, 0.2) is 0 Å². The fourth-order valence-corrected chi connectivity index (χ4v) is 2.82. The molecule has 2 rings (SSSR count). The number of rotatable bonds is 2. The van der Waals surface area contributed by atoms with Crippen LogP contribution >= 0.6 is 11.3 Å². The highest BCUT2D eigenvalue weighted by atomic mass is 32.1. The Morgan fingerprint density at radius 3 is 2.65 bits per heavy atom. The van der Waals surface area contributed by atoms with Crippen LogP contribution in [0.25, 0.3) is 0 Å². The van der Waals surface area contributed by atoms with Crippen molar-refractivity contribution < 1.29 is 9.53 Å². The van der Waals surface area contributed by atoms with E-state index in [1.807, 2.05) is 11.0 Å². The molecule has 0 unspecified atom stereocenters. The number of nitriles is 1. The van der Waals surface area contributed by atoms with E-state index >= 15 is 0 Å². The second-order valence-corrected chi connectivity index (χ2v) is 4.60. The minimum Gasteiger partial charge on any atom is -0.396 e. The molecule has 17 heavy (non-hydrogen) atoms. The summed E-state index contributed by atoms with van der Waals surface area (Å²) in [5, 5.41) is 9.60. The normalized spacial score (nSPS) is 15.6. The van der Waals surface area contributed by atoms with Gasteiger partial charge in [-0.15, -0.1) is 11.3 Å². The SMILES string of the molecule is N#Cc1sc(N2CCOCC2)c(C(N)=O)c1N. The third kappa shape index (κ3) is 2.05. The van der Waals surface area contributed by atoms with Crippen LogP contribution in [0.1, 0.15) is 15.2 Å². The Morgan fingerprint density at radius 2 is 2.12 bits per heavy atom. The molecular weight excluding hydrogens is 240 g/mol. The lowest BCUT2D eigenvalue weighted by atomic mass is 10.2. The second-order valence-electron chi connectivity index (χ2n) is 3.60. The van der Waals surface area contributed by atoms with Crippen molar-refractivity contribution in [3.8, 4) is 6.07 Å². The Balaban J connectivity index is 2.45. The number of nitrogens with zero attached hydrogens (tertiary/aromatic N) is 2. The second kappa shape index (κ2) is 4.61. The van der Waals surface area contributed by atoms with Gasteiger partial charge in [0.25, 0.3) is 5.91 Å². The van der Waals surface area contributed by atoms with Crippen molar-refractivity contribution in [2.24, 2.45) is 5.73 Å². The van der Waals surface area contributed by atoms with E-state index < -0.39 is 5.91 Å². The Labute approximate surface area is 102 Å². The zero-order valence-corrected chi connectivity index (χ0v) is 9.92. The fraction of sp³-hybridized carbons (Fsp3) is 0.400. The molecule has 0 radical (unpaired) electrons. The first kappa shape index (κ1) is 11.7. The van der Waals surface area contributed by atoms with Crippen molar-refractivity contribution in [3.63, 3.8) is 0 Å². The molecule has 1 aromatic rings. The molecule has 0 bridgehead atoms. The predicted octanol–water partition coefficient (Wildman–Crippen LogP) is 0.137. The molecule has 1 amide bonds. The maximum absolute atomic E-state index is 11.4. The standard InChI is InChI=1S/C10H12N4O2S/c11-5-6-8(12)7(9(13)15)10(17-6)14-1-3-16-4-2-14/h1-4,12H2,(H2,13,15). The van der Waals surface area contributed by atoms with Gasteiger partial charge >= 0.3 is 0 Å². The van der Waals surface area contributed by atoms with E-state index in [-0.39, 0.29) is 11.3 Å². The molecule has 4 N–H and O–H groups in total. The number of morpholine rings is 1. The van der Waals surface area contributed by atoms with Crippen molar-refractivity contribution >= 4 is 27.9 Å². The molecule has 0 atom stereocenters. The zero-order chi connectivity index (χ0) is 12.4. The van der Waals surface area contributed by atoms with Crippen LogP contribution in [-0.2, 0) is 4.74 Å². The molecule has 0 aliphatic carbocycles. The average molecular weight is 252 g/mol. The maximum Gasteiger partial charge on any atom is 0.253 e. The maximum atomic E-state index is 11.4. The number of anilines is 2. The lowest BCUT2D eigenvalue weighted by Crippen LogP contribution is -2.36. The van der Waals surface area contributed by atoms with Crippen molar-refractivity contribution in [1.82, 2.24) is 0 Å². The van der Waals surface area contributed by atoms with Crippen molar-refractivity contribution in [3.05, 3.63) is 10.4 Å². The molecule has 7 heteroatoms. The molecule has 1 aliphatic heterocycles. The highest BCUT2D eigenvalue weighted by molar-refractivity contribution is 7.17. The molecule has 1 saturated heterocycles. The molecule has 1 fully saturated rings. The van der Waals surface area contributed by atoms with E-state index in [0.717, 1.165) is 0 Å². The van der Waals surface area contributed by atoms with Gasteiger partial charge in [0.05, 0.1) is 24.5 Å². The number of hydrogen-bond acceptors (Lipinski definition) is 6. The summed E-state index contributed by atoms with van der Waals surface area (Å²) < 4.78 is 5.24. The molecule has 90 valence electrons. The number of amides is 1. The number of hydrogen-bond donors (Lipinski definition) is 2. The zero-order valence-electron chi connectivity index (χ0n) is 9.10. The first-order valence-electron chi connectivity index (χ1n) is 5.10. The lowest BCUT2D eigenvalue weighted by Gasteiger charge is -2.28. The first-order chi connectivity index (χ1) is 8.15. The Kier molecular flexibility index (Phi) is 3.17. The van der Waals surface area contributed by atoms with E-state index in [1.54, 1.807) is 0 Å². The Hall–Kier alpha value is -1.78. The van der Waals surface area contributed by atoms with Gasteiger partial charge in [0.2, 0.25) is 0 Å². The lowest BCUT2D eigenvalue weighted by molar-refractivity contribution is 0.1000. The van der Waals surface area contributed by atoms with Crippen LogP contribution in [0.3, 0.4) is 0 Å². The average Bonchev–Trinajstić information content (AvgIpc) is 2.67. The quantitative estimate of drug-likeness (QED) is 0.778. The molecule has 1 aromatic heterocycles. The third-order valence-corrected chi connectivity index (χ3v) is 3.74. The highest BCUT2D eigenvalue weighted by Crippen LogP contribution is 2.37. The van der Waals surface area contributed by atoms with Crippen LogP contribution in [0.2, 0.25) is 0 Å². The van der Waals surface area contributed by atoms with Gasteiger partial charge in [-0.1, -0.05) is 0 Å². The van der Waals surface area contributed by atoms with Gasteiger partial charge in [0.15, 0.2) is 0 Å². The Morgan fingerprint density at radius 1 is 1.47 bits per heavy atom. The Bertz CT molecular complexity index is 485. The van der Waals surface area contributed by atoms with E-state index in [2.05, 4.69) is 0 Å². The molecule has 0 aromatic carbocycles. The van der Waals surface area contributed by atoms with Gasteiger partial charge < -0.3 is 21.1 Å². The number of carbonyl (C=O) groups excluding carboxylic acids is 1. The summed E-state index contributed by atoms with van der Waals surface area (Å²) in [6.07, 6.45) is 0. The van der Waals surface area contributed by atoms with E-state index in [0.29, 0.717) is 36.2 Å². The minimum atomic E-state index is -0.596. The third-order valence-electron chi connectivity index (χ3n) is 2.57. The number of thiophene rings is 1. The largest absolute Gasteiger partial charge is 0.396 e. The first-order valence-corrected chi connectivity index (χ1v) is 5.91. The van der Waals surface area contributed by atoms with Crippen molar-refractivity contribution in [2.45, 2.75) is 0 Å². The minimum absolute atomic E-state index is 0.187. The predicted molar refractivity (Wildman–Crippen MR) is 65.0 cm³/mol. The molecule has 0 saturated carbocycles. The van der Waals surface area contributed by atoms with Gasteiger partial charge in [0, 0.05) is 13.1 Å². The smallest absolute Gasteiger partial charge is 0.253 e. The van der Waals surface area contributed by atoms with Crippen LogP contribution < -0.4 is 16.4 Å². The summed E-state index contributed by atoms with van der Waals surface area (Å²) in [6.45, 7) is 2.53. The number of nitrogen functional groups attached to an aromatic ring is 1. The summed E-state index contributed by atoms with van der Waals surface area (Å²) in [7, 11) is 0. The number of carbonyl (C=O) groups is 1. The molecular formula is C10H12N4O2S. The fourth-order valence-electron chi connectivity index (χ4n) is 1.74. The van der Waals surface area contributed by atoms with Gasteiger partial charge in [-0.3, -0.25) is 4.79 Å². The summed E-state index contributed by atoms with van der Waals surface area (Å²) in [5.41, 5.74) is 11.5. The molecule has 0 spiro atoms. The molecule has 2 heterocycles. The molecule has 6 nitrogen and oxygen atoms in total. The van der Waals surface area contributed by atoms with Crippen LogP contribution in [-0.4, -0.2) is 32.2 Å². The summed E-state index contributed by atoms with van der Waals surface area (Å²) >= 11 is 1.20. The summed E-state index contributed by atoms with van der Waals surface area (Å²) in [5.74, 6) is -0.596. The van der Waals surface area contributed by atoms with Gasteiger partial charge in [-0.25, -0.2) is 0 Å². The number of nitrogens with two attached hydrogens (primary N) is 2.